The Bertz CT molecular complexity index is 678. The summed E-state index contributed by atoms with van der Waals surface area (Å²) in [6, 6.07) is 10.3. The van der Waals surface area contributed by atoms with Crippen LogP contribution in [0.5, 0.6) is 11.5 Å². The van der Waals surface area contributed by atoms with Gasteiger partial charge >= 0.3 is 0 Å². The number of hydrogen-bond donors (Lipinski definition) is 2. The van der Waals surface area contributed by atoms with Crippen LogP contribution in [0.1, 0.15) is 23.8 Å². The Morgan fingerprint density at radius 1 is 1.19 bits per heavy atom. The normalized spacial score (nSPS) is 18.9. The standard InChI is InChI=1S/C20H28N2O3S/c1-2-25-19-7-3-5-16(20(19)24)13-21-9-10-22(17(14-21)8-11-23)15-18-6-4-12-26-18/h3-7,12,17,23-24H,2,8-11,13-15H2,1H3/t17-/m0/s1. The van der Waals surface area contributed by atoms with Crippen molar-refractivity contribution in [3.05, 3.63) is 46.2 Å². The molecule has 6 heteroatoms. The van der Waals surface area contributed by atoms with E-state index in [-0.39, 0.29) is 12.4 Å². The number of phenolic OH excluding ortho intramolecular Hbond substituents is 1. The lowest BCUT2D eigenvalue weighted by Crippen LogP contribution is -2.52. The molecule has 0 radical (unpaired) electrons. The third-order valence-corrected chi connectivity index (χ3v) is 5.73. The summed E-state index contributed by atoms with van der Waals surface area (Å²) in [4.78, 5) is 6.19. The highest BCUT2D eigenvalue weighted by atomic mass is 32.1. The fraction of sp³-hybridized carbons (Fsp3) is 0.500. The van der Waals surface area contributed by atoms with Crippen molar-refractivity contribution in [2.24, 2.45) is 0 Å². The van der Waals surface area contributed by atoms with Gasteiger partial charge in [0.1, 0.15) is 0 Å². The van der Waals surface area contributed by atoms with Crippen molar-refractivity contribution in [2.45, 2.75) is 32.5 Å². The summed E-state index contributed by atoms with van der Waals surface area (Å²) in [7, 11) is 0. The second-order valence-corrected chi connectivity index (χ2v) is 7.68. The van der Waals surface area contributed by atoms with Crippen LogP contribution in [0.15, 0.2) is 35.7 Å². The SMILES string of the molecule is CCOc1cccc(CN2CCN(Cc3cccs3)[C@@H](CCO)C2)c1O. The molecule has 142 valence electrons. The third kappa shape index (κ3) is 4.76. The Hall–Kier alpha value is -1.60. The Labute approximate surface area is 159 Å². The molecule has 5 nitrogen and oxygen atoms in total. The highest BCUT2D eigenvalue weighted by Crippen LogP contribution is 2.31. The molecule has 1 aromatic heterocycles. The number of para-hydroxylation sites is 1. The number of nitrogens with zero attached hydrogens (tertiary/aromatic N) is 2. The zero-order valence-corrected chi connectivity index (χ0v) is 16.1. The molecule has 1 aromatic carbocycles. The van der Waals surface area contributed by atoms with Crippen molar-refractivity contribution in [3.8, 4) is 11.5 Å². The van der Waals surface area contributed by atoms with E-state index in [0.717, 1.165) is 38.2 Å². The number of phenols is 1. The van der Waals surface area contributed by atoms with Gasteiger partial charge in [-0.15, -0.1) is 11.3 Å². The van der Waals surface area contributed by atoms with Crippen LogP contribution in [-0.4, -0.2) is 58.9 Å². The number of aromatic hydroxyl groups is 1. The summed E-state index contributed by atoms with van der Waals surface area (Å²) >= 11 is 1.78. The number of rotatable bonds is 8. The van der Waals surface area contributed by atoms with Gasteiger partial charge in [0.2, 0.25) is 0 Å². The second kappa shape index (κ2) is 9.37. The van der Waals surface area contributed by atoms with Gasteiger partial charge in [0, 0.05) is 55.8 Å². The molecule has 2 aromatic rings. The minimum absolute atomic E-state index is 0.199. The zero-order valence-electron chi connectivity index (χ0n) is 15.3. The smallest absolute Gasteiger partial charge is 0.162 e. The number of hydrogen-bond acceptors (Lipinski definition) is 6. The Kier molecular flexibility index (Phi) is 6.91. The average Bonchev–Trinajstić information content (AvgIpc) is 3.14. The summed E-state index contributed by atoms with van der Waals surface area (Å²) < 4.78 is 5.49. The number of piperazine rings is 1. The fourth-order valence-electron chi connectivity index (χ4n) is 3.54. The highest BCUT2D eigenvalue weighted by Gasteiger charge is 2.27. The van der Waals surface area contributed by atoms with E-state index in [1.54, 1.807) is 17.4 Å². The average molecular weight is 377 g/mol. The minimum atomic E-state index is 0.199. The predicted molar refractivity (Wildman–Crippen MR) is 105 cm³/mol. The molecule has 3 rings (SSSR count). The first-order valence-corrected chi connectivity index (χ1v) is 10.1. The van der Waals surface area contributed by atoms with E-state index in [0.29, 0.717) is 24.9 Å². The second-order valence-electron chi connectivity index (χ2n) is 6.65. The van der Waals surface area contributed by atoms with Crippen molar-refractivity contribution in [2.75, 3.05) is 32.8 Å². The fourth-order valence-corrected chi connectivity index (χ4v) is 4.27. The maximum atomic E-state index is 10.4. The lowest BCUT2D eigenvalue weighted by Gasteiger charge is -2.41. The molecule has 26 heavy (non-hydrogen) atoms. The number of benzene rings is 1. The van der Waals surface area contributed by atoms with E-state index in [1.807, 2.05) is 19.1 Å². The molecule has 1 saturated heterocycles. The molecule has 0 spiro atoms. The first kappa shape index (κ1) is 19.2. The molecule has 1 aliphatic rings. The van der Waals surface area contributed by atoms with Gasteiger partial charge in [0.25, 0.3) is 0 Å². The molecule has 0 amide bonds. The Morgan fingerprint density at radius 2 is 2.08 bits per heavy atom. The van der Waals surface area contributed by atoms with Gasteiger partial charge in [-0.1, -0.05) is 18.2 Å². The van der Waals surface area contributed by atoms with Crippen LogP contribution in [0.25, 0.3) is 0 Å². The highest BCUT2D eigenvalue weighted by molar-refractivity contribution is 7.09. The van der Waals surface area contributed by atoms with E-state index in [2.05, 4.69) is 27.3 Å². The largest absolute Gasteiger partial charge is 0.504 e. The van der Waals surface area contributed by atoms with Gasteiger partial charge in [-0.2, -0.15) is 0 Å². The van der Waals surface area contributed by atoms with Crippen LogP contribution in [0, 0.1) is 0 Å². The number of aliphatic hydroxyl groups excluding tert-OH is 1. The lowest BCUT2D eigenvalue weighted by atomic mass is 10.1. The van der Waals surface area contributed by atoms with Crippen LogP contribution in [-0.2, 0) is 13.1 Å². The van der Waals surface area contributed by atoms with E-state index < -0.39 is 0 Å². The van der Waals surface area contributed by atoms with Gasteiger partial charge in [0.05, 0.1) is 6.61 Å². The van der Waals surface area contributed by atoms with Crippen LogP contribution in [0.2, 0.25) is 0 Å². The zero-order chi connectivity index (χ0) is 18.4. The van der Waals surface area contributed by atoms with Crippen LogP contribution < -0.4 is 4.74 Å². The first-order chi connectivity index (χ1) is 12.7. The van der Waals surface area contributed by atoms with Crippen molar-refractivity contribution in [1.29, 1.82) is 0 Å². The summed E-state index contributed by atoms with van der Waals surface area (Å²) in [5.41, 5.74) is 0.894. The maximum Gasteiger partial charge on any atom is 0.162 e. The molecule has 2 heterocycles. The van der Waals surface area contributed by atoms with E-state index in [9.17, 15) is 10.2 Å². The summed E-state index contributed by atoms with van der Waals surface area (Å²) in [5, 5.41) is 22.0. The molecule has 1 fully saturated rings. The quantitative estimate of drug-likeness (QED) is 0.742. The molecule has 0 bridgehead atoms. The van der Waals surface area contributed by atoms with E-state index >= 15 is 0 Å². The summed E-state index contributed by atoms with van der Waals surface area (Å²) in [5.74, 6) is 0.794. The topological polar surface area (TPSA) is 56.2 Å². The monoisotopic (exact) mass is 376 g/mol. The van der Waals surface area contributed by atoms with Crippen LogP contribution in [0.4, 0.5) is 0 Å². The molecule has 0 saturated carbocycles. The van der Waals surface area contributed by atoms with E-state index in [1.165, 1.54) is 4.88 Å². The van der Waals surface area contributed by atoms with Gasteiger partial charge < -0.3 is 14.9 Å². The predicted octanol–water partition coefficient (Wildman–Crippen LogP) is 2.92. The Balaban J connectivity index is 1.64. The van der Waals surface area contributed by atoms with Gasteiger partial charge in [-0.3, -0.25) is 9.80 Å². The van der Waals surface area contributed by atoms with Gasteiger partial charge in [-0.25, -0.2) is 0 Å². The minimum Gasteiger partial charge on any atom is -0.504 e. The van der Waals surface area contributed by atoms with E-state index in [4.69, 9.17) is 4.74 Å². The summed E-state index contributed by atoms with van der Waals surface area (Å²) in [6.07, 6.45) is 0.771. The van der Waals surface area contributed by atoms with Gasteiger partial charge in [-0.05, 0) is 30.9 Å². The number of thiophene rings is 1. The van der Waals surface area contributed by atoms with Crippen LogP contribution >= 0.6 is 11.3 Å². The molecular formula is C20H28N2O3S. The molecule has 0 unspecified atom stereocenters. The van der Waals surface area contributed by atoms with Crippen molar-refractivity contribution >= 4 is 11.3 Å². The maximum absolute atomic E-state index is 10.4. The summed E-state index contributed by atoms with van der Waals surface area (Å²) in [6.45, 7) is 7.10. The van der Waals surface area contributed by atoms with Crippen molar-refractivity contribution in [3.63, 3.8) is 0 Å². The molecule has 0 aliphatic carbocycles. The third-order valence-electron chi connectivity index (χ3n) is 4.87. The number of aliphatic hydroxyl groups is 1. The molecule has 2 N–H and O–H groups in total. The number of ether oxygens (including phenoxy) is 1. The first-order valence-electron chi connectivity index (χ1n) is 9.24. The molecular weight excluding hydrogens is 348 g/mol. The van der Waals surface area contributed by atoms with Crippen molar-refractivity contribution in [1.82, 2.24) is 9.80 Å². The Morgan fingerprint density at radius 3 is 2.81 bits per heavy atom. The van der Waals surface area contributed by atoms with Gasteiger partial charge in [0.15, 0.2) is 11.5 Å². The molecule has 1 atom stereocenters. The van der Waals surface area contributed by atoms with Crippen molar-refractivity contribution < 1.29 is 14.9 Å². The molecule has 1 aliphatic heterocycles. The lowest BCUT2D eigenvalue weighted by molar-refractivity contribution is 0.0502. The van der Waals surface area contributed by atoms with Crippen LogP contribution in [0.3, 0.4) is 0 Å².